The van der Waals surface area contributed by atoms with Gasteiger partial charge in [0.15, 0.2) is 5.89 Å². The van der Waals surface area contributed by atoms with Crippen molar-refractivity contribution in [2.75, 3.05) is 31.1 Å². The van der Waals surface area contributed by atoms with E-state index >= 15 is 0 Å². The fourth-order valence-corrected chi connectivity index (χ4v) is 3.67. The molecule has 3 aromatic rings. The molecule has 29 heavy (non-hydrogen) atoms. The molecule has 0 saturated carbocycles. The number of carbonyl (C=O) groups excluding carboxylic acids is 1. The molecule has 0 atom stereocenters. The number of rotatable bonds is 4. The van der Waals surface area contributed by atoms with Gasteiger partial charge in [-0.15, -0.1) is 0 Å². The predicted octanol–water partition coefficient (Wildman–Crippen LogP) is 4.66. The molecule has 1 aromatic heterocycles. The van der Waals surface area contributed by atoms with Crippen molar-refractivity contribution < 1.29 is 13.6 Å². The number of anilines is 1. The summed E-state index contributed by atoms with van der Waals surface area (Å²) in [7, 11) is 0. The second kappa shape index (κ2) is 8.25. The Kier molecular flexibility index (Phi) is 5.53. The zero-order chi connectivity index (χ0) is 20.4. The summed E-state index contributed by atoms with van der Waals surface area (Å²) >= 11 is 6.09. The molecule has 1 saturated heterocycles. The average molecular weight is 414 g/mol. The zero-order valence-corrected chi connectivity index (χ0v) is 16.8. The minimum absolute atomic E-state index is 0.100. The van der Waals surface area contributed by atoms with Crippen molar-refractivity contribution in [3.8, 4) is 11.3 Å². The molecule has 0 unspecified atom stereocenters. The molecule has 1 amide bonds. The maximum atomic E-state index is 14.3. The van der Waals surface area contributed by atoms with Gasteiger partial charge in [-0.2, -0.15) is 0 Å². The largest absolute Gasteiger partial charge is 0.435 e. The van der Waals surface area contributed by atoms with Crippen molar-refractivity contribution >= 4 is 23.2 Å². The highest BCUT2D eigenvalue weighted by atomic mass is 35.5. The Morgan fingerprint density at radius 3 is 2.59 bits per heavy atom. The minimum atomic E-state index is -0.428. The molecule has 0 N–H and O–H groups in total. The number of aromatic nitrogens is 1. The van der Waals surface area contributed by atoms with Crippen LogP contribution in [0.5, 0.6) is 0 Å². The Morgan fingerprint density at radius 2 is 1.90 bits per heavy atom. The minimum Gasteiger partial charge on any atom is -0.435 e. The van der Waals surface area contributed by atoms with Crippen LogP contribution in [0.2, 0.25) is 5.02 Å². The second-order valence-corrected chi connectivity index (χ2v) is 7.31. The van der Waals surface area contributed by atoms with Crippen LogP contribution in [0.4, 0.5) is 10.1 Å². The monoisotopic (exact) mass is 413 g/mol. The maximum absolute atomic E-state index is 14.3. The molecule has 0 bridgehead atoms. The molecular formula is C22H21ClFN3O2. The summed E-state index contributed by atoms with van der Waals surface area (Å²) in [5.74, 6) is -0.170. The van der Waals surface area contributed by atoms with Gasteiger partial charge in [0.25, 0.3) is 5.91 Å². The van der Waals surface area contributed by atoms with Gasteiger partial charge >= 0.3 is 0 Å². The number of hydrogen-bond acceptors (Lipinski definition) is 4. The highest BCUT2D eigenvalue weighted by molar-refractivity contribution is 6.30. The summed E-state index contributed by atoms with van der Waals surface area (Å²) in [6.07, 6.45) is 0.525. The smallest absolute Gasteiger partial charge is 0.292 e. The molecule has 5 nitrogen and oxygen atoms in total. The Bertz CT molecular complexity index is 1030. The van der Waals surface area contributed by atoms with E-state index in [1.807, 2.05) is 31.2 Å². The fourth-order valence-electron chi connectivity index (χ4n) is 3.48. The first-order valence-electron chi connectivity index (χ1n) is 9.61. The average Bonchev–Trinajstić information content (AvgIpc) is 3.18. The number of benzene rings is 2. The van der Waals surface area contributed by atoms with Crippen molar-refractivity contribution in [2.24, 2.45) is 0 Å². The van der Waals surface area contributed by atoms with Crippen LogP contribution in [-0.4, -0.2) is 42.0 Å². The molecule has 1 fully saturated rings. The lowest BCUT2D eigenvalue weighted by Crippen LogP contribution is -2.48. The quantitative estimate of drug-likeness (QED) is 0.624. The van der Waals surface area contributed by atoms with Gasteiger partial charge in [0, 0.05) is 48.9 Å². The van der Waals surface area contributed by atoms with E-state index in [1.165, 1.54) is 6.07 Å². The number of oxazole rings is 1. The van der Waals surface area contributed by atoms with Crippen molar-refractivity contribution in [1.29, 1.82) is 0 Å². The third-order valence-corrected chi connectivity index (χ3v) is 5.27. The summed E-state index contributed by atoms with van der Waals surface area (Å²) in [5.41, 5.74) is 1.57. The number of hydrogen-bond donors (Lipinski definition) is 0. The molecule has 2 aromatic carbocycles. The van der Waals surface area contributed by atoms with Crippen LogP contribution in [0.3, 0.4) is 0 Å². The number of amides is 1. The topological polar surface area (TPSA) is 49.6 Å². The van der Waals surface area contributed by atoms with Gasteiger partial charge in [-0.25, -0.2) is 9.37 Å². The number of nitrogens with zero attached hydrogens (tertiary/aromatic N) is 3. The standard InChI is InChI=1S/C22H21ClFN3O2/c1-2-19-25-20(17-8-3-4-9-18(17)24)21(29-19)22(28)27-12-10-26(11-13-27)16-7-5-6-15(23)14-16/h3-9,14H,2,10-13H2,1H3. The van der Waals surface area contributed by atoms with Gasteiger partial charge in [-0.05, 0) is 30.3 Å². The summed E-state index contributed by atoms with van der Waals surface area (Å²) < 4.78 is 20.0. The van der Waals surface area contributed by atoms with Gasteiger partial charge in [0.05, 0.1) is 0 Å². The van der Waals surface area contributed by atoms with Crippen LogP contribution in [-0.2, 0) is 6.42 Å². The Labute approximate surface area is 173 Å². The molecule has 0 aliphatic carbocycles. The van der Waals surface area contributed by atoms with E-state index in [0.717, 1.165) is 5.69 Å². The van der Waals surface area contributed by atoms with E-state index in [0.29, 0.717) is 43.5 Å². The zero-order valence-electron chi connectivity index (χ0n) is 16.1. The van der Waals surface area contributed by atoms with E-state index in [2.05, 4.69) is 9.88 Å². The molecule has 2 heterocycles. The number of piperazine rings is 1. The van der Waals surface area contributed by atoms with E-state index in [9.17, 15) is 9.18 Å². The third-order valence-electron chi connectivity index (χ3n) is 5.04. The van der Waals surface area contributed by atoms with Crippen molar-refractivity contribution in [2.45, 2.75) is 13.3 Å². The fraction of sp³-hybridized carbons (Fsp3) is 0.273. The van der Waals surface area contributed by atoms with Crippen LogP contribution < -0.4 is 4.90 Å². The van der Waals surface area contributed by atoms with Gasteiger partial charge in [0.1, 0.15) is 11.5 Å². The Morgan fingerprint density at radius 1 is 1.14 bits per heavy atom. The maximum Gasteiger partial charge on any atom is 0.292 e. The van der Waals surface area contributed by atoms with Gasteiger partial charge < -0.3 is 14.2 Å². The van der Waals surface area contributed by atoms with Crippen LogP contribution in [0, 0.1) is 5.82 Å². The SMILES string of the molecule is CCc1nc(-c2ccccc2F)c(C(=O)N2CCN(c3cccc(Cl)c3)CC2)o1. The first-order chi connectivity index (χ1) is 14.1. The normalized spacial score (nSPS) is 14.3. The van der Waals surface area contributed by atoms with E-state index in [1.54, 1.807) is 23.1 Å². The van der Waals surface area contributed by atoms with Crippen molar-refractivity contribution in [3.63, 3.8) is 0 Å². The van der Waals surface area contributed by atoms with E-state index in [-0.39, 0.29) is 22.9 Å². The lowest BCUT2D eigenvalue weighted by molar-refractivity contribution is 0.0714. The molecular weight excluding hydrogens is 393 g/mol. The summed E-state index contributed by atoms with van der Waals surface area (Å²) in [4.78, 5) is 21.4. The summed E-state index contributed by atoms with van der Waals surface area (Å²) in [6.45, 7) is 4.30. The molecule has 0 radical (unpaired) electrons. The molecule has 0 spiro atoms. The van der Waals surface area contributed by atoms with Crippen LogP contribution >= 0.6 is 11.6 Å². The van der Waals surface area contributed by atoms with Crippen LogP contribution in [0.15, 0.2) is 52.9 Å². The van der Waals surface area contributed by atoms with Gasteiger partial charge in [-0.1, -0.05) is 36.7 Å². The van der Waals surface area contributed by atoms with Crippen LogP contribution in [0.1, 0.15) is 23.4 Å². The lowest BCUT2D eigenvalue weighted by atomic mass is 10.1. The molecule has 150 valence electrons. The molecule has 4 rings (SSSR count). The molecule has 1 aliphatic heterocycles. The first-order valence-corrected chi connectivity index (χ1v) is 9.99. The van der Waals surface area contributed by atoms with E-state index in [4.69, 9.17) is 16.0 Å². The van der Waals surface area contributed by atoms with Gasteiger partial charge in [0.2, 0.25) is 5.76 Å². The van der Waals surface area contributed by atoms with E-state index < -0.39 is 5.82 Å². The lowest BCUT2D eigenvalue weighted by Gasteiger charge is -2.35. The highest BCUT2D eigenvalue weighted by Crippen LogP contribution is 2.28. The second-order valence-electron chi connectivity index (χ2n) is 6.88. The Hall–Kier alpha value is -2.86. The van der Waals surface area contributed by atoms with Crippen molar-refractivity contribution in [3.05, 3.63) is 71.0 Å². The molecule has 1 aliphatic rings. The number of aryl methyl sites for hydroxylation is 1. The predicted molar refractivity (Wildman–Crippen MR) is 111 cm³/mol. The molecule has 7 heteroatoms. The first kappa shape index (κ1) is 19.5. The summed E-state index contributed by atoms with van der Waals surface area (Å²) in [6, 6.07) is 14.0. The third kappa shape index (κ3) is 3.98. The summed E-state index contributed by atoms with van der Waals surface area (Å²) in [5, 5.41) is 0.685. The van der Waals surface area contributed by atoms with Crippen molar-refractivity contribution in [1.82, 2.24) is 9.88 Å². The van der Waals surface area contributed by atoms with Crippen LogP contribution in [0.25, 0.3) is 11.3 Å². The number of carbonyl (C=O) groups is 1. The van der Waals surface area contributed by atoms with Gasteiger partial charge in [-0.3, -0.25) is 4.79 Å². The Balaban J connectivity index is 1.55. The highest BCUT2D eigenvalue weighted by Gasteiger charge is 2.29. The number of halogens is 2.